The fourth-order valence-electron chi connectivity index (χ4n) is 5.86. The zero-order chi connectivity index (χ0) is 27.1. The molecule has 3 aliphatic rings. The molecule has 5 atom stereocenters. The molecule has 0 spiro atoms. The van der Waals surface area contributed by atoms with Gasteiger partial charge in [0, 0.05) is 43.6 Å². The number of rotatable bonds is 7. The molecule has 38 heavy (non-hydrogen) atoms. The highest BCUT2D eigenvalue weighted by Crippen LogP contribution is 2.47. The second-order valence-corrected chi connectivity index (χ2v) is 11.3. The molecule has 0 bridgehead atoms. The third-order valence-electron chi connectivity index (χ3n) is 8.28. The number of likely N-dealkylation sites (tertiary alicyclic amines) is 1. The first-order valence-corrected chi connectivity index (χ1v) is 13.4. The van der Waals surface area contributed by atoms with Crippen molar-refractivity contribution < 1.29 is 28.8 Å². The van der Waals surface area contributed by atoms with Gasteiger partial charge in [-0.2, -0.15) is 0 Å². The Hall–Kier alpha value is -2.88. The molecule has 5 rings (SSSR count). The lowest BCUT2D eigenvalue weighted by Gasteiger charge is -2.34. The van der Waals surface area contributed by atoms with Crippen molar-refractivity contribution in [1.29, 1.82) is 0 Å². The van der Waals surface area contributed by atoms with Crippen molar-refractivity contribution in [3.63, 3.8) is 0 Å². The third-order valence-corrected chi connectivity index (χ3v) is 8.28. The number of methoxy groups -OCH3 is 1. The zero-order valence-corrected chi connectivity index (χ0v) is 22.9. The molecule has 1 N–H and O–H groups in total. The average molecular weight is 526 g/mol. The number of nitrogens with zero attached hydrogens (tertiary/aromatic N) is 3. The van der Waals surface area contributed by atoms with Gasteiger partial charge in [0.2, 0.25) is 0 Å². The topological polar surface area (TPSA) is 93.6 Å². The van der Waals surface area contributed by atoms with E-state index in [1.807, 2.05) is 57.2 Å². The Bertz CT molecular complexity index is 1140. The van der Waals surface area contributed by atoms with E-state index in [0.717, 1.165) is 30.9 Å². The molecule has 0 radical (unpaired) electrons. The van der Waals surface area contributed by atoms with Crippen LogP contribution in [0.25, 0.3) is 0 Å². The Labute approximate surface area is 224 Å². The average Bonchev–Trinajstić information content (AvgIpc) is 3.61. The van der Waals surface area contributed by atoms with Gasteiger partial charge in [0.15, 0.2) is 23.4 Å². The van der Waals surface area contributed by atoms with Crippen LogP contribution in [-0.2, 0) is 14.3 Å². The number of aliphatic hydroxyl groups is 1. The summed E-state index contributed by atoms with van der Waals surface area (Å²) in [6, 6.07) is 11.9. The first-order chi connectivity index (χ1) is 18.1. The monoisotopic (exact) mass is 525 g/mol. The number of carbonyl (C=O) groups is 1. The standard InChI is InChI=1S/C29H39N3O6/c1-19(33)29(4)18-32(27(34)25-17-36-28(2,3)38-25)16-22(29)20-9-10-23(35-5)24(14-20)37-21-11-13-31(15-21)26-8-6-7-12-30-26/h6-10,12,14,19,21-22,25,33H,11,13,15-18H2,1-5H3/t19?,21?,22-,25-,29-/m0/s1. The van der Waals surface area contributed by atoms with Crippen LogP contribution in [0.2, 0.25) is 0 Å². The van der Waals surface area contributed by atoms with Crippen LogP contribution in [0.1, 0.15) is 45.6 Å². The lowest BCUT2D eigenvalue weighted by Crippen LogP contribution is -2.42. The molecule has 9 nitrogen and oxygen atoms in total. The van der Waals surface area contributed by atoms with Gasteiger partial charge in [0.05, 0.1) is 26.4 Å². The van der Waals surface area contributed by atoms with Gasteiger partial charge in [-0.1, -0.05) is 19.1 Å². The molecular weight excluding hydrogens is 486 g/mol. The van der Waals surface area contributed by atoms with Gasteiger partial charge < -0.3 is 33.9 Å². The Morgan fingerprint density at radius 2 is 2.00 bits per heavy atom. The number of pyridine rings is 1. The minimum atomic E-state index is -0.776. The smallest absolute Gasteiger partial charge is 0.254 e. The molecule has 2 aromatic rings. The highest BCUT2D eigenvalue weighted by molar-refractivity contribution is 5.82. The highest BCUT2D eigenvalue weighted by Gasteiger charge is 2.50. The van der Waals surface area contributed by atoms with Gasteiger partial charge in [0.1, 0.15) is 11.9 Å². The van der Waals surface area contributed by atoms with Gasteiger partial charge in [-0.3, -0.25) is 4.79 Å². The van der Waals surface area contributed by atoms with Crippen molar-refractivity contribution in [3.05, 3.63) is 48.2 Å². The fraction of sp³-hybridized carbons (Fsp3) is 0.586. The van der Waals surface area contributed by atoms with Gasteiger partial charge in [-0.15, -0.1) is 0 Å². The number of carbonyl (C=O) groups excluding carboxylic acids is 1. The summed E-state index contributed by atoms with van der Waals surface area (Å²) < 4.78 is 23.6. The lowest BCUT2D eigenvalue weighted by atomic mass is 9.72. The van der Waals surface area contributed by atoms with E-state index in [0.29, 0.717) is 24.6 Å². The number of aromatic nitrogens is 1. The third kappa shape index (κ3) is 5.19. The van der Waals surface area contributed by atoms with E-state index in [-0.39, 0.29) is 24.5 Å². The minimum absolute atomic E-state index is 0.00571. The van der Waals surface area contributed by atoms with Crippen LogP contribution in [0, 0.1) is 5.41 Å². The number of benzene rings is 1. The maximum Gasteiger partial charge on any atom is 0.254 e. The van der Waals surface area contributed by atoms with E-state index >= 15 is 0 Å². The van der Waals surface area contributed by atoms with Crippen LogP contribution >= 0.6 is 0 Å². The van der Waals surface area contributed by atoms with Crippen LogP contribution in [-0.4, -0.2) is 84.9 Å². The lowest BCUT2D eigenvalue weighted by molar-refractivity contribution is -0.159. The summed E-state index contributed by atoms with van der Waals surface area (Å²) in [6.07, 6.45) is 1.41. The number of ether oxygens (including phenoxy) is 4. The molecule has 1 aromatic heterocycles. The number of hydrogen-bond donors (Lipinski definition) is 1. The normalized spacial score (nSPS) is 29.5. The van der Waals surface area contributed by atoms with Crippen LogP contribution in [0.15, 0.2) is 42.6 Å². The number of hydrogen-bond acceptors (Lipinski definition) is 8. The summed E-state index contributed by atoms with van der Waals surface area (Å²) in [5, 5.41) is 10.9. The maximum atomic E-state index is 13.4. The molecule has 3 aliphatic heterocycles. The molecule has 3 fully saturated rings. The quantitative estimate of drug-likeness (QED) is 0.589. The number of aliphatic hydroxyl groups excluding tert-OH is 1. The van der Waals surface area contributed by atoms with E-state index in [1.165, 1.54) is 0 Å². The molecular formula is C29H39N3O6. The van der Waals surface area contributed by atoms with Crippen LogP contribution in [0.3, 0.4) is 0 Å². The fourth-order valence-corrected chi connectivity index (χ4v) is 5.86. The van der Waals surface area contributed by atoms with Crippen molar-refractivity contribution in [2.24, 2.45) is 5.41 Å². The predicted molar refractivity (Wildman–Crippen MR) is 142 cm³/mol. The maximum absolute atomic E-state index is 13.4. The summed E-state index contributed by atoms with van der Waals surface area (Å²) in [4.78, 5) is 21.8. The number of amides is 1. The van der Waals surface area contributed by atoms with E-state index in [1.54, 1.807) is 25.1 Å². The van der Waals surface area contributed by atoms with Crippen molar-refractivity contribution >= 4 is 11.7 Å². The largest absolute Gasteiger partial charge is 0.493 e. The second-order valence-electron chi connectivity index (χ2n) is 11.3. The Morgan fingerprint density at radius 3 is 2.66 bits per heavy atom. The van der Waals surface area contributed by atoms with E-state index in [4.69, 9.17) is 18.9 Å². The Kier molecular flexibility index (Phi) is 7.28. The first kappa shape index (κ1) is 26.7. The molecule has 0 aliphatic carbocycles. The zero-order valence-electron chi connectivity index (χ0n) is 22.9. The van der Waals surface area contributed by atoms with Crippen LogP contribution in [0.4, 0.5) is 5.82 Å². The van der Waals surface area contributed by atoms with Gasteiger partial charge in [-0.05, 0) is 50.6 Å². The molecule has 206 valence electrons. The molecule has 0 saturated carbocycles. The van der Waals surface area contributed by atoms with Crippen molar-refractivity contribution in [1.82, 2.24) is 9.88 Å². The summed E-state index contributed by atoms with van der Waals surface area (Å²) >= 11 is 0. The minimum Gasteiger partial charge on any atom is -0.493 e. The first-order valence-electron chi connectivity index (χ1n) is 13.4. The number of anilines is 1. The molecule has 1 aromatic carbocycles. The van der Waals surface area contributed by atoms with Crippen LogP contribution < -0.4 is 14.4 Å². The van der Waals surface area contributed by atoms with Gasteiger partial charge >= 0.3 is 0 Å². The molecule has 9 heteroatoms. The predicted octanol–water partition coefficient (Wildman–Crippen LogP) is 3.21. The van der Waals surface area contributed by atoms with E-state index in [2.05, 4.69) is 9.88 Å². The van der Waals surface area contributed by atoms with Crippen molar-refractivity contribution in [2.75, 3.05) is 44.8 Å². The second kappa shape index (κ2) is 10.4. The molecule has 3 saturated heterocycles. The molecule has 1 amide bonds. The summed E-state index contributed by atoms with van der Waals surface area (Å²) in [5.41, 5.74) is 0.461. The summed E-state index contributed by atoms with van der Waals surface area (Å²) in [7, 11) is 1.64. The summed E-state index contributed by atoms with van der Waals surface area (Å²) in [5.74, 6) is 1.31. The Balaban J connectivity index is 1.35. The SMILES string of the molecule is COc1ccc([C@@H]2CN(C(=O)[C@@H]3COC(C)(C)O3)C[C@@]2(C)C(C)O)cc1OC1CCN(c2ccccn2)C1. The molecule has 2 unspecified atom stereocenters. The van der Waals surface area contributed by atoms with E-state index in [9.17, 15) is 9.90 Å². The van der Waals surface area contributed by atoms with Crippen LogP contribution in [0.5, 0.6) is 11.5 Å². The molecule has 4 heterocycles. The van der Waals surface area contributed by atoms with Crippen molar-refractivity contribution in [3.8, 4) is 11.5 Å². The van der Waals surface area contributed by atoms with Crippen molar-refractivity contribution in [2.45, 2.75) is 64.1 Å². The highest BCUT2D eigenvalue weighted by atomic mass is 16.7. The van der Waals surface area contributed by atoms with E-state index < -0.39 is 23.4 Å². The summed E-state index contributed by atoms with van der Waals surface area (Å²) in [6.45, 7) is 10.2. The Morgan fingerprint density at radius 1 is 1.18 bits per heavy atom. The van der Waals surface area contributed by atoms with Gasteiger partial charge in [-0.25, -0.2) is 4.98 Å². The van der Waals surface area contributed by atoms with Gasteiger partial charge in [0.25, 0.3) is 5.91 Å².